The van der Waals surface area contributed by atoms with Gasteiger partial charge in [0.15, 0.2) is 0 Å². The van der Waals surface area contributed by atoms with Gasteiger partial charge >= 0.3 is 6.03 Å². The zero-order chi connectivity index (χ0) is 19.7. The molecule has 1 fully saturated rings. The summed E-state index contributed by atoms with van der Waals surface area (Å²) in [5.41, 5.74) is 4.10. The highest BCUT2D eigenvalue weighted by Crippen LogP contribution is 2.16. The highest BCUT2D eigenvalue weighted by atomic mass is 16.2. The van der Waals surface area contributed by atoms with Gasteiger partial charge in [-0.3, -0.25) is 4.79 Å². The molecule has 0 spiro atoms. The SMILES string of the molecule is Cc1ccc(NC(=O)N2CCN(C(=O)c3ccc4nnn(C)c4c3)CC2)cc1. The van der Waals surface area contributed by atoms with E-state index in [0.29, 0.717) is 31.7 Å². The van der Waals surface area contributed by atoms with Crippen LogP contribution in [-0.4, -0.2) is 62.9 Å². The molecule has 2 aromatic carbocycles. The monoisotopic (exact) mass is 378 g/mol. The molecular weight excluding hydrogens is 356 g/mol. The number of nitrogens with zero attached hydrogens (tertiary/aromatic N) is 5. The van der Waals surface area contributed by atoms with Gasteiger partial charge in [-0.25, -0.2) is 9.48 Å². The first kappa shape index (κ1) is 18.0. The van der Waals surface area contributed by atoms with Gasteiger partial charge < -0.3 is 15.1 Å². The van der Waals surface area contributed by atoms with Crippen LogP contribution in [0.25, 0.3) is 11.0 Å². The first-order valence-electron chi connectivity index (χ1n) is 9.22. The molecule has 28 heavy (non-hydrogen) atoms. The van der Waals surface area contributed by atoms with E-state index >= 15 is 0 Å². The quantitative estimate of drug-likeness (QED) is 0.741. The third-order valence-electron chi connectivity index (χ3n) is 5.01. The number of urea groups is 1. The normalized spacial score (nSPS) is 14.4. The van der Waals surface area contributed by atoms with E-state index in [1.54, 1.807) is 33.7 Å². The van der Waals surface area contributed by atoms with E-state index in [4.69, 9.17) is 0 Å². The Bertz CT molecular complexity index is 1020. The summed E-state index contributed by atoms with van der Waals surface area (Å²) in [5, 5.41) is 10.9. The fourth-order valence-electron chi connectivity index (χ4n) is 3.30. The number of carbonyl (C=O) groups excluding carboxylic acids is 2. The van der Waals surface area contributed by atoms with Crippen LogP contribution >= 0.6 is 0 Å². The zero-order valence-corrected chi connectivity index (χ0v) is 15.9. The lowest BCUT2D eigenvalue weighted by atomic mass is 10.1. The molecule has 8 heteroatoms. The Morgan fingerprint density at radius 2 is 1.64 bits per heavy atom. The molecule has 144 valence electrons. The van der Waals surface area contributed by atoms with E-state index in [1.165, 1.54) is 0 Å². The maximum Gasteiger partial charge on any atom is 0.321 e. The van der Waals surface area contributed by atoms with E-state index in [9.17, 15) is 9.59 Å². The van der Waals surface area contributed by atoms with Gasteiger partial charge in [-0.2, -0.15) is 0 Å². The van der Waals surface area contributed by atoms with E-state index < -0.39 is 0 Å². The van der Waals surface area contributed by atoms with Crippen LogP contribution in [0.3, 0.4) is 0 Å². The minimum Gasteiger partial charge on any atom is -0.335 e. The fourth-order valence-corrected chi connectivity index (χ4v) is 3.30. The molecule has 0 radical (unpaired) electrons. The average Bonchev–Trinajstić information content (AvgIpc) is 3.09. The van der Waals surface area contributed by atoms with Gasteiger partial charge in [0.1, 0.15) is 5.52 Å². The van der Waals surface area contributed by atoms with Gasteiger partial charge in [-0.1, -0.05) is 22.9 Å². The van der Waals surface area contributed by atoms with Crippen molar-refractivity contribution in [2.75, 3.05) is 31.5 Å². The molecule has 3 amide bonds. The average molecular weight is 378 g/mol. The van der Waals surface area contributed by atoms with Crippen LogP contribution in [0.15, 0.2) is 42.5 Å². The minimum absolute atomic E-state index is 0.0401. The lowest BCUT2D eigenvalue weighted by Crippen LogP contribution is -2.51. The number of aryl methyl sites for hydroxylation is 2. The summed E-state index contributed by atoms with van der Waals surface area (Å²) in [4.78, 5) is 28.8. The van der Waals surface area contributed by atoms with Crippen LogP contribution in [-0.2, 0) is 7.05 Å². The topological polar surface area (TPSA) is 83.4 Å². The van der Waals surface area contributed by atoms with Gasteiger partial charge in [-0.05, 0) is 37.3 Å². The van der Waals surface area contributed by atoms with Crippen LogP contribution in [0.4, 0.5) is 10.5 Å². The number of aromatic nitrogens is 3. The van der Waals surface area contributed by atoms with E-state index in [0.717, 1.165) is 22.3 Å². The lowest BCUT2D eigenvalue weighted by molar-refractivity contribution is 0.0672. The van der Waals surface area contributed by atoms with Crippen molar-refractivity contribution in [3.63, 3.8) is 0 Å². The van der Waals surface area contributed by atoms with Gasteiger partial charge in [0.25, 0.3) is 5.91 Å². The summed E-state index contributed by atoms with van der Waals surface area (Å²) in [7, 11) is 1.80. The molecule has 3 aromatic rings. The maximum atomic E-state index is 12.8. The smallest absolute Gasteiger partial charge is 0.321 e. The Hall–Kier alpha value is -3.42. The van der Waals surface area contributed by atoms with Crippen LogP contribution in [0.2, 0.25) is 0 Å². The first-order valence-corrected chi connectivity index (χ1v) is 9.22. The van der Waals surface area contributed by atoms with Crippen molar-refractivity contribution < 1.29 is 9.59 Å². The molecule has 0 unspecified atom stereocenters. The number of benzene rings is 2. The number of hydrogen-bond donors (Lipinski definition) is 1. The van der Waals surface area contributed by atoms with Crippen molar-refractivity contribution in [1.29, 1.82) is 0 Å². The molecule has 0 saturated carbocycles. The molecule has 1 saturated heterocycles. The van der Waals surface area contributed by atoms with Gasteiger partial charge in [-0.15, -0.1) is 5.10 Å². The van der Waals surface area contributed by atoms with Crippen LogP contribution in [0, 0.1) is 6.92 Å². The Labute approximate surface area is 162 Å². The molecule has 0 atom stereocenters. The number of nitrogens with one attached hydrogen (secondary N) is 1. The third-order valence-corrected chi connectivity index (χ3v) is 5.01. The summed E-state index contributed by atoms with van der Waals surface area (Å²) in [5.74, 6) is -0.0401. The van der Waals surface area contributed by atoms with Gasteiger partial charge in [0, 0.05) is 44.5 Å². The summed E-state index contributed by atoms with van der Waals surface area (Å²) in [6.45, 7) is 4.01. The molecule has 0 aliphatic carbocycles. The van der Waals surface area contributed by atoms with Crippen molar-refractivity contribution in [2.24, 2.45) is 7.05 Å². The molecular formula is C20H22N6O2. The number of hydrogen-bond acceptors (Lipinski definition) is 4. The molecule has 1 aliphatic heterocycles. The molecule has 1 aromatic heterocycles. The second kappa shape index (κ2) is 7.30. The van der Waals surface area contributed by atoms with Gasteiger partial charge in [0.2, 0.25) is 0 Å². The Morgan fingerprint density at radius 1 is 0.964 bits per heavy atom. The predicted molar refractivity (Wildman–Crippen MR) is 106 cm³/mol. The van der Waals surface area contributed by atoms with Gasteiger partial charge in [0.05, 0.1) is 5.52 Å². The second-order valence-corrected chi connectivity index (χ2v) is 6.99. The summed E-state index contributed by atoms with van der Waals surface area (Å²) in [6.07, 6.45) is 0. The number of rotatable bonds is 2. The number of piperazine rings is 1. The van der Waals surface area contributed by atoms with Crippen LogP contribution in [0.1, 0.15) is 15.9 Å². The van der Waals surface area contributed by atoms with Crippen LogP contribution in [0.5, 0.6) is 0 Å². The summed E-state index contributed by atoms with van der Waals surface area (Å²) >= 11 is 0. The van der Waals surface area contributed by atoms with Crippen LogP contribution < -0.4 is 5.32 Å². The molecule has 1 aliphatic rings. The number of amides is 3. The number of fused-ring (bicyclic) bond motifs is 1. The fraction of sp³-hybridized carbons (Fsp3) is 0.300. The Morgan fingerprint density at radius 3 is 2.36 bits per heavy atom. The van der Waals surface area contributed by atoms with Crippen molar-refractivity contribution in [3.05, 3.63) is 53.6 Å². The number of anilines is 1. The van der Waals surface area contributed by atoms with Crippen molar-refractivity contribution in [2.45, 2.75) is 6.92 Å². The Kier molecular flexibility index (Phi) is 4.68. The predicted octanol–water partition coefficient (Wildman–Crippen LogP) is 2.27. The highest BCUT2D eigenvalue weighted by Gasteiger charge is 2.25. The second-order valence-electron chi connectivity index (χ2n) is 6.99. The van der Waals surface area contributed by atoms with Crippen molar-refractivity contribution in [3.8, 4) is 0 Å². The number of carbonyl (C=O) groups is 2. The minimum atomic E-state index is -0.140. The van der Waals surface area contributed by atoms with Crippen molar-refractivity contribution in [1.82, 2.24) is 24.8 Å². The molecule has 8 nitrogen and oxygen atoms in total. The third kappa shape index (κ3) is 3.53. The lowest BCUT2D eigenvalue weighted by Gasteiger charge is -2.34. The largest absolute Gasteiger partial charge is 0.335 e. The Balaban J connectivity index is 1.37. The first-order chi connectivity index (χ1) is 13.5. The maximum absolute atomic E-state index is 12.8. The molecule has 4 rings (SSSR count). The van der Waals surface area contributed by atoms with E-state index in [2.05, 4.69) is 15.6 Å². The van der Waals surface area contributed by atoms with Crippen molar-refractivity contribution >= 4 is 28.7 Å². The standard InChI is InChI=1S/C20H22N6O2/c1-14-3-6-16(7-4-14)21-20(28)26-11-9-25(10-12-26)19(27)15-5-8-17-18(13-15)24(2)23-22-17/h3-8,13H,9-12H2,1-2H3,(H,21,28). The summed E-state index contributed by atoms with van der Waals surface area (Å²) < 4.78 is 1.65. The van der Waals surface area contributed by atoms with E-state index in [-0.39, 0.29) is 11.9 Å². The summed E-state index contributed by atoms with van der Waals surface area (Å²) in [6, 6.07) is 12.9. The van der Waals surface area contributed by atoms with E-state index in [1.807, 2.05) is 37.3 Å². The molecule has 0 bridgehead atoms. The molecule has 2 heterocycles. The molecule has 1 N–H and O–H groups in total. The zero-order valence-electron chi connectivity index (χ0n) is 15.9. The highest BCUT2D eigenvalue weighted by molar-refractivity contribution is 5.97.